The Morgan fingerprint density at radius 1 is 1.26 bits per heavy atom. The third-order valence-electron chi connectivity index (χ3n) is 3.31. The maximum atomic E-state index is 11.9. The number of benzene rings is 1. The summed E-state index contributed by atoms with van der Waals surface area (Å²) in [6.07, 6.45) is 1.87. The highest BCUT2D eigenvalue weighted by Crippen LogP contribution is 2.15. The fourth-order valence-corrected chi connectivity index (χ4v) is 2.25. The molecule has 1 aliphatic rings. The van der Waals surface area contributed by atoms with Gasteiger partial charge in [-0.1, -0.05) is 30.3 Å². The van der Waals surface area contributed by atoms with Crippen LogP contribution in [0.2, 0.25) is 0 Å². The lowest BCUT2D eigenvalue weighted by atomic mass is 10.1. The van der Waals surface area contributed by atoms with Gasteiger partial charge in [0.25, 0.3) is 0 Å². The SMILES string of the molecule is CCOC1CCN(C(=O)OCc2ccccc2)CC1. The van der Waals surface area contributed by atoms with Gasteiger partial charge in [-0.05, 0) is 25.3 Å². The molecule has 1 aliphatic heterocycles. The molecule has 1 amide bonds. The van der Waals surface area contributed by atoms with Crippen LogP contribution >= 0.6 is 0 Å². The van der Waals surface area contributed by atoms with E-state index in [0.717, 1.165) is 38.1 Å². The molecule has 1 heterocycles. The van der Waals surface area contributed by atoms with E-state index in [9.17, 15) is 4.79 Å². The number of carbonyl (C=O) groups excluding carboxylic acids is 1. The lowest BCUT2D eigenvalue weighted by molar-refractivity contribution is 0.0107. The third kappa shape index (κ3) is 4.24. The molecule has 1 fully saturated rings. The van der Waals surface area contributed by atoms with Gasteiger partial charge in [0.2, 0.25) is 0 Å². The zero-order chi connectivity index (χ0) is 13.5. The van der Waals surface area contributed by atoms with Crippen molar-refractivity contribution in [2.24, 2.45) is 0 Å². The van der Waals surface area contributed by atoms with Gasteiger partial charge in [0, 0.05) is 19.7 Å². The van der Waals surface area contributed by atoms with Gasteiger partial charge in [-0.3, -0.25) is 0 Å². The number of likely N-dealkylation sites (tertiary alicyclic amines) is 1. The van der Waals surface area contributed by atoms with Crippen LogP contribution in [0.5, 0.6) is 0 Å². The van der Waals surface area contributed by atoms with Gasteiger partial charge in [-0.25, -0.2) is 4.79 Å². The van der Waals surface area contributed by atoms with E-state index in [1.54, 1.807) is 4.90 Å². The van der Waals surface area contributed by atoms with Crippen molar-refractivity contribution in [3.05, 3.63) is 35.9 Å². The Bertz CT molecular complexity index is 386. The third-order valence-corrected chi connectivity index (χ3v) is 3.31. The molecule has 1 aromatic rings. The summed E-state index contributed by atoms with van der Waals surface area (Å²) in [4.78, 5) is 13.7. The highest BCUT2D eigenvalue weighted by molar-refractivity contribution is 5.67. The number of nitrogens with zero attached hydrogens (tertiary/aromatic N) is 1. The summed E-state index contributed by atoms with van der Waals surface area (Å²) in [5.41, 5.74) is 1.01. The first kappa shape index (κ1) is 13.9. The van der Waals surface area contributed by atoms with Crippen LogP contribution in [-0.4, -0.2) is 36.8 Å². The quantitative estimate of drug-likeness (QED) is 0.838. The average Bonchev–Trinajstić information content (AvgIpc) is 2.47. The molecule has 0 atom stereocenters. The van der Waals surface area contributed by atoms with E-state index in [1.807, 2.05) is 37.3 Å². The minimum absolute atomic E-state index is 0.223. The highest BCUT2D eigenvalue weighted by atomic mass is 16.6. The first-order chi connectivity index (χ1) is 9.29. The maximum absolute atomic E-state index is 11.9. The van der Waals surface area contributed by atoms with Crippen LogP contribution in [0.15, 0.2) is 30.3 Å². The standard InChI is InChI=1S/C15H21NO3/c1-2-18-14-8-10-16(11-9-14)15(17)19-12-13-6-4-3-5-7-13/h3-7,14H,2,8-12H2,1H3. The van der Waals surface area contributed by atoms with Crippen molar-refractivity contribution in [3.8, 4) is 0 Å². The van der Waals surface area contributed by atoms with E-state index >= 15 is 0 Å². The summed E-state index contributed by atoms with van der Waals surface area (Å²) in [5.74, 6) is 0. The molecule has 1 aromatic carbocycles. The molecule has 19 heavy (non-hydrogen) atoms. The number of carbonyl (C=O) groups is 1. The summed E-state index contributed by atoms with van der Waals surface area (Å²) < 4.78 is 10.9. The van der Waals surface area contributed by atoms with Gasteiger partial charge >= 0.3 is 6.09 Å². The fourth-order valence-electron chi connectivity index (χ4n) is 2.25. The summed E-state index contributed by atoms with van der Waals surface area (Å²) in [6.45, 7) is 4.52. The van der Waals surface area contributed by atoms with Gasteiger partial charge in [0.15, 0.2) is 0 Å². The van der Waals surface area contributed by atoms with Crippen molar-refractivity contribution in [1.29, 1.82) is 0 Å². The highest BCUT2D eigenvalue weighted by Gasteiger charge is 2.23. The molecule has 0 unspecified atom stereocenters. The Kier molecular flexibility index (Phi) is 5.21. The monoisotopic (exact) mass is 263 g/mol. The van der Waals surface area contributed by atoms with Crippen LogP contribution in [0.25, 0.3) is 0 Å². The molecule has 0 spiro atoms. The van der Waals surface area contributed by atoms with Crippen molar-refractivity contribution in [3.63, 3.8) is 0 Å². The Balaban J connectivity index is 1.73. The predicted molar refractivity (Wildman–Crippen MR) is 72.8 cm³/mol. The molecule has 2 rings (SSSR count). The van der Waals surface area contributed by atoms with Crippen LogP contribution in [-0.2, 0) is 16.1 Å². The van der Waals surface area contributed by atoms with Crippen LogP contribution < -0.4 is 0 Å². The van der Waals surface area contributed by atoms with Crippen LogP contribution in [0, 0.1) is 0 Å². The number of rotatable bonds is 4. The number of ether oxygens (including phenoxy) is 2. The molecule has 4 nitrogen and oxygen atoms in total. The predicted octanol–water partition coefficient (Wildman–Crippen LogP) is 2.82. The normalized spacial score (nSPS) is 16.4. The van der Waals surface area contributed by atoms with E-state index in [0.29, 0.717) is 12.7 Å². The zero-order valence-electron chi connectivity index (χ0n) is 11.4. The van der Waals surface area contributed by atoms with Gasteiger partial charge in [-0.15, -0.1) is 0 Å². The van der Waals surface area contributed by atoms with E-state index in [-0.39, 0.29) is 6.09 Å². The van der Waals surface area contributed by atoms with Crippen molar-refractivity contribution >= 4 is 6.09 Å². The Morgan fingerprint density at radius 3 is 2.58 bits per heavy atom. The fraction of sp³-hybridized carbons (Fsp3) is 0.533. The Hall–Kier alpha value is -1.55. The van der Waals surface area contributed by atoms with E-state index in [1.165, 1.54) is 0 Å². The van der Waals surface area contributed by atoms with E-state index in [2.05, 4.69) is 0 Å². The van der Waals surface area contributed by atoms with Crippen LogP contribution in [0.4, 0.5) is 4.79 Å². The largest absolute Gasteiger partial charge is 0.445 e. The number of hydrogen-bond donors (Lipinski definition) is 0. The van der Waals surface area contributed by atoms with E-state index in [4.69, 9.17) is 9.47 Å². The lowest BCUT2D eigenvalue weighted by Crippen LogP contribution is -2.41. The van der Waals surface area contributed by atoms with Gasteiger partial charge in [0.1, 0.15) is 6.61 Å². The van der Waals surface area contributed by atoms with Gasteiger partial charge < -0.3 is 14.4 Å². The number of piperidine rings is 1. The second-order valence-electron chi connectivity index (χ2n) is 4.68. The van der Waals surface area contributed by atoms with Gasteiger partial charge in [0.05, 0.1) is 6.10 Å². The summed E-state index contributed by atoms with van der Waals surface area (Å²) in [5, 5.41) is 0. The summed E-state index contributed by atoms with van der Waals surface area (Å²) in [7, 11) is 0. The molecule has 1 saturated heterocycles. The van der Waals surface area contributed by atoms with Crippen molar-refractivity contribution in [2.75, 3.05) is 19.7 Å². The molecule has 104 valence electrons. The van der Waals surface area contributed by atoms with Crippen LogP contribution in [0.1, 0.15) is 25.3 Å². The summed E-state index contributed by atoms with van der Waals surface area (Å²) >= 11 is 0. The topological polar surface area (TPSA) is 38.8 Å². The average molecular weight is 263 g/mol. The first-order valence-electron chi connectivity index (χ1n) is 6.87. The molecular formula is C15H21NO3. The first-order valence-corrected chi connectivity index (χ1v) is 6.87. The minimum Gasteiger partial charge on any atom is -0.445 e. The number of amides is 1. The molecule has 4 heteroatoms. The molecule has 0 saturated carbocycles. The van der Waals surface area contributed by atoms with Crippen molar-refractivity contribution in [2.45, 2.75) is 32.5 Å². The molecule has 0 bridgehead atoms. The second-order valence-corrected chi connectivity index (χ2v) is 4.68. The molecule has 0 aliphatic carbocycles. The molecular weight excluding hydrogens is 242 g/mol. The number of hydrogen-bond acceptors (Lipinski definition) is 3. The maximum Gasteiger partial charge on any atom is 0.410 e. The minimum atomic E-state index is -0.223. The molecule has 0 N–H and O–H groups in total. The zero-order valence-corrected chi connectivity index (χ0v) is 11.4. The molecule has 0 aromatic heterocycles. The lowest BCUT2D eigenvalue weighted by Gasteiger charge is -2.31. The Morgan fingerprint density at radius 2 is 1.95 bits per heavy atom. The van der Waals surface area contributed by atoms with Crippen molar-refractivity contribution < 1.29 is 14.3 Å². The summed E-state index contributed by atoms with van der Waals surface area (Å²) in [6, 6.07) is 9.74. The van der Waals surface area contributed by atoms with Crippen LogP contribution in [0.3, 0.4) is 0 Å². The molecule has 0 radical (unpaired) electrons. The smallest absolute Gasteiger partial charge is 0.410 e. The van der Waals surface area contributed by atoms with E-state index < -0.39 is 0 Å². The second kappa shape index (κ2) is 7.14. The van der Waals surface area contributed by atoms with Crippen molar-refractivity contribution in [1.82, 2.24) is 4.90 Å². The van der Waals surface area contributed by atoms with Gasteiger partial charge in [-0.2, -0.15) is 0 Å². The Labute approximate surface area is 114 Å².